The first-order valence-corrected chi connectivity index (χ1v) is 6.32. The molecular formula is C14H15N3O3. The van der Waals surface area contributed by atoms with E-state index in [9.17, 15) is 9.59 Å². The second-order valence-electron chi connectivity index (χ2n) is 4.41. The van der Waals surface area contributed by atoms with Crippen molar-refractivity contribution in [3.8, 4) is 11.8 Å². The van der Waals surface area contributed by atoms with Crippen LogP contribution in [-0.4, -0.2) is 41.1 Å². The van der Waals surface area contributed by atoms with E-state index in [0.717, 1.165) is 12.8 Å². The fourth-order valence-electron chi connectivity index (χ4n) is 1.59. The monoisotopic (exact) mass is 273 g/mol. The smallest absolute Gasteiger partial charge is 0.253 e. The normalized spacial score (nSPS) is 13.1. The molecule has 0 aromatic carbocycles. The van der Waals surface area contributed by atoms with Gasteiger partial charge in [-0.15, -0.1) is 0 Å². The van der Waals surface area contributed by atoms with E-state index in [0.29, 0.717) is 11.1 Å². The van der Waals surface area contributed by atoms with Crippen LogP contribution in [0.2, 0.25) is 0 Å². The van der Waals surface area contributed by atoms with Crippen LogP contribution in [0.4, 0.5) is 0 Å². The molecule has 2 rings (SSSR count). The number of nitrogens with zero attached hydrogens (tertiary/aromatic N) is 1. The van der Waals surface area contributed by atoms with Gasteiger partial charge in [0.15, 0.2) is 0 Å². The second-order valence-corrected chi connectivity index (χ2v) is 4.41. The van der Waals surface area contributed by atoms with Crippen molar-refractivity contribution >= 4 is 11.8 Å². The Morgan fingerprint density at radius 3 is 2.95 bits per heavy atom. The molecule has 6 heteroatoms. The zero-order chi connectivity index (χ0) is 14.4. The van der Waals surface area contributed by atoms with Crippen LogP contribution in [0.3, 0.4) is 0 Å². The highest BCUT2D eigenvalue weighted by atomic mass is 16.2. The van der Waals surface area contributed by atoms with Gasteiger partial charge in [0.1, 0.15) is 6.61 Å². The lowest BCUT2D eigenvalue weighted by Crippen LogP contribution is -2.38. The van der Waals surface area contributed by atoms with E-state index in [1.165, 1.54) is 18.5 Å². The fourth-order valence-corrected chi connectivity index (χ4v) is 1.59. The van der Waals surface area contributed by atoms with E-state index in [1.54, 1.807) is 0 Å². The van der Waals surface area contributed by atoms with Crippen molar-refractivity contribution in [1.29, 1.82) is 0 Å². The molecule has 0 radical (unpaired) electrons. The molecule has 1 aromatic rings. The zero-order valence-corrected chi connectivity index (χ0v) is 10.8. The standard InChI is InChI=1S/C14H15N3O3/c18-7-1-2-10-8-15-6-5-12(10)14(20)16-9-13(19)17-11-3-4-11/h5-6,8,11,18H,3-4,7,9H2,(H,16,20)(H,17,19). The maximum Gasteiger partial charge on any atom is 0.253 e. The summed E-state index contributed by atoms with van der Waals surface area (Å²) in [6.45, 7) is -0.357. The minimum Gasteiger partial charge on any atom is -0.384 e. The summed E-state index contributed by atoms with van der Waals surface area (Å²) in [6.07, 6.45) is 4.93. The van der Waals surface area contributed by atoms with Gasteiger partial charge >= 0.3 is 0 Å². The number of hydrogen-bond acceptors (Lipinski definition) is 4. The van der Waals surface area contributed by atoms with E-state index in [4.69, 9.17) is 5.11 Å². The van der Waals surface area contributed by atoms with Gasteiger partial charge in [-0.25, -0.2) is 0 Å². The summed E-state index contributed by atoms with van der Waals surface area (Å²) in [5.41, 5.74) is 0.752. The SMILES string of the molecule is O=C(CNC(=O)c1ccncc1C#CCO)NC1CC1. The molecule has 104 valence electrons. The Morgan fingerprint density at radius 1 is 1.45 bits per heavy atom. The molecule has 3 N–H and O–H groups in total. The minimum atomic E-state index is -0.388. The number of nitrogens with one attached hydrogen (secondary N) is 2. The molecule has 1 aliphatic rings. The van der Waals surface area contributed by atoms with Crippen molar-refractivity contribution in [2.45, 2.75) is 18.9 Å². The van der Waals surface area contributed by atoms with Gasteiger partial charge in [0.2, 0.25) is 5.91 Å². The third-order valence-corrected chi connectivity index (χ3v) is 2.72. The van der Waals surface area contributed by atoms with Gasteiger partial charge < -0.3 is 15.7 Å². The maximum absolute atomic E-state index is 12.0. The number of aliphatic hydroxyl groups excluding tert-OH is 1. The van der Waals surface area contributed by atoms with Crippen LogP contribution >= 0.6 is 0 Å². The van der Waals surface area contributed by atoms with Gasteiger partial charge in [-0.05, 0) is 18.9 Å². The van der Waals surface area contributed by atoms with Gasteiger partial charge in [0, 0.05) is 18.4 Å². The van der Waals surface area contributed by atoms with E-state index < -0.39 is 0 Å². The van der Waals surface area contributed by atoms with Gasteiger partial charge in [0.05, 0.1) is 17.7 Å². The number of rotatable bonds is 4. The lowest BCUT2D eigenvalue weighted by molar-refractivity contribution is -0.120. The molecule has 1 fully saturated rings. The molecule has 0 saturated heterocycles. The van der Waals surface area contributed by atoms with E-state index in [-0.39, 0.29) is 31.0 Å². The predicted molar refractivity (Wildman–Crippen MR) is 71.7 cm³/mol. The summed E-state index contributed by atoms with van der Waals surface area (Å²) in [7, 11) is 0. The Bertz CT molecular complexity index is 571. The Labute approximate surface area is 116 Å². The van der Waals surface area contributed by atoms with E-state index >= 15 is 0 Å². The summed E-state index contributed by atoms with van der Waals surface area (Å²) in [5, 5.41) is 14.0. The molecule has 0 bridgehead atoms. The number of carbonyl (C=O) groups is 2. The van der Waals surface area contributed by atoms with Crippen molar-refractivity contribution in [1.82, 2.24) is 15.6 Å². The van der Waals surface area contributed by atoms with Crippen molar-refractivity contribution in [3.05, 3.63) is 29.6 Å². The molecule has 2 amide bonds. The van der Waals surface area contributed by atoms with Crippen LogP contribution in [0, 0.1) is 11.8 Å². The summed E-state index contributed by atoms with van der Waals surface area (Å²) in [6, 6.07) is 1.79. The molecule has 0 aliphatic heterocycles. The average molecular weight is 273 g/mol. The third-order valence-electron chi connectivity index (χ3n) is 2.72. The molecule has 6 nitrogen and oxygen atoms in total. The Morgan fingerprint density at radius 2 is 2.25 bits per heavy atom. The summed E-state index contributed by atoms with van der Waals surface area (Å²) < 4.78 is 0. The summed E-state index contributed by atoms with van der Waals surface area (Å²) in [4.78, 5) is 27.4. The molecule has 1 heterocycles. The lowest BCUT2D eigenvalue weighted by Gasteiger charge is -2.07. The number of amides is 2. The highest BCUT2D eigenvalue weighted by Crippen LogP contribution is 2.18. The molecule has 0 spiro atoms. The first kappa shape index (κ1) is 14.0. The van der Waals surface area contributed by atoms with Crippen LogP contribution in [0.1, 0.15) is 28.8 Å². The molecule has 0 atom stereocenters. The second kappa shape index (κ2) is 6.68. The van der Waals surface area contributed by atoms with Crippen molar-refractivity contribution < 1.29 is 14.7 Å². The number of aliphatic hydroxyl groups is 1. The largest absolute Gasteiger partial charge is 0.384 e. The maximum atomic E-state index is 12.0. The molecule has 20 heavy (non-hydrogen) atoms. The molecular weight excluding hydrogens is 258 g/mol. The lowest BCUT2D eigenvalue weighted by atomic mass is 10.1. The topological polar surface area (TPSA) is 91.3 Å². The minimum absolute atomic E-state index is 0.0650. The van der Waals surface area contributed by atoms with Gasteiger partial charge in [-0.3, -0.25) is 14.6 Å². The van der Waals surface area contributed by atoms with Crippen molar-refractivity contribution in [2.24, 2.45) is 0 Å². The van der Waals surface area contributed by atoms with Crippen LogP contribution in [0.25, 0.3) is 0 Å². The van der Waals surface area contributed by atoms with Crippen LogP contribution in [-0.2, 0) is 4.79 Å². The molecule has 1 aromatic heterocycles. The quantitative estimate of drug-likeness (QED) is 0.641. The van der Waals surface area contributed by atoms with Gasteiger partial charge in [-0.2, -0.15) is 0 Å². The number of pyridine rings is 1. The first-order valence-electron chi connectivity index (χ1n) is 6.32. The van der Waals surface area contributed by atoms with E-state index in [1.807, 2.05) is 0 Å². The first-order chi connectivity index (χ1) is 9.70. The Kier molecular flexibility index (Phi) is 4.69. The van der Waals surface area contributed by atoms with Crippen molar-refractivity contribution in [2.75, 3.05) is 13.2 Å². The highest BCUT2D eigenvalue weighted by Gasteiger charge is 2.23. The Balaban J connectivity index is 1.95. The Hall–Kier alpha value is -2.39. The highest BCUT2D eigenvalue weighted by molar-refractivity contribution is 5.98. The number of aromatic nitrogens is 1. The average Bonchev–Trinajstić information content (AvgIpc) is 3.26. The molecule has 0 unspecified atom stereocenters. The van der Waals surface area contributed by atoms with Crippen molar-refractivity contribution in [3.63, 3.8) is 0 Å². The summed E-state index contributed by atoms with van der Waals surface area (Å²) >= 11 is 0. The van der Waals surface area contributed by atoms with E-state index in [2.05, 4.69) is 27.5 Å². The number of carbonyl (C=O) groups excluding carboxylic acids is 2. The number of hydrogen-bond donors (Lipinski definition) is 3. The zero-order valence-electron chi connectivity index (χ0n) is 10.8. The summed E-state index contributed by atoms with van der Waals surface area (Å²) in [5.74, 6) is 4.53. The molecule has 1 saturated carbocycles. The van der Waals surface area contributed by atoms with Crippen LogP contribution in [0.15, 0.2) is 18.5 Å². The predicted octanol–water partition coefficient (Wildman–Crippen LogP) is -0.566. The van der Waals surface area contributed by atoms with Crippen LogP contribution < -0.4 is 10.6 Å². The van der Waals surface area contributed by atoms with Gasteiger partial charge in [-0.1, -0.05) is 11.8 Å². The van der Waals surface area contributed by atoms with Crippen LogP contribution in [0.5, 0.6) is 0 Å². The van der Waals surface area contributed by atoms with Gasteiger partial charge in [0.25, 0.3) is 5.91 Å². The molecule has 1 aliphatic carbocycles. The fraction of sp³-hybridized carbons (Fsp3) is 0.357. The third kappa shape index (κ3) is 4.07.